The average Bonchev–Trinajstić information content (AvgIpc) is 2.46. The standard InChI is InChI=1S/C14H14BrClFN3/c1-4-10-19-13(7(2)14(18-3)20-10)8-5-6-9(15)11(16)12(8)17/h5-6H,4H2,1-3H3,(H,18,19,20). The molecule has 0 fully saturated rings. The van der Waals surface area contributed by atoms with Crippen LogP contribution in [0.3, 0.4) is 0 Å². The van der Waals surface area contributed by atoms with E-state index in [9.17, 15) is 4.39 Å². The number of benzene rings is 1. The van der Waals surface area contributed by atoms with Gasteiger partial charge in [-0.2, -0.15) is 0 Å². The number of halogens is 3. The fraction of sp³-hybridized carbons (Fsp3) is 0.286. The van der Waals surface area contributed by atoms with E-state index < -0.39 is 5.82 Å². The minimum absolute atomic E-state index is 0.0598. The van der Waals surface area contributed by atoms with Crippen LogP contribution in [0.1, 0.15) is 18.3 Å². The van der Waals surface area contributed by atoms with Crippen molar-refractivity contribution in [3.63, 3.8) is 0 Å². The minimum Gasteiger partial charge on any atom is -0.373 e. The number of aromatic nitrogens is 2. The molecule has 20 heavy (non-hydrogen) atoms. The fourth-order valence-corrected chi connectivity index (χ4v) is 2.41. The Morgan fingerprint density at radius 1 is 1.35 bits per heavy atom. The van der Waals surface area contributed by atoms with Gasteiger partial charge in [-0.25, -0.2) is 14.4 Å². The quantitative estimate of drug-likeness (QED) is 0.814. The van der Waals surface area contributed by atoms with Crippen molar-refractivity contribution in [2.24, 2.45) is 0 Å². The van der Waals surface area contributed by atoms with E-state index in [1.165, 1.54) is 0 Å². The predicted molar refractivity (Wildman–Crippen MR) is 83.8 cm³/mol. The topological polar surface area (TPSA) is 37.8 Å². The molecule has 1 N–H and O–H groups in total. The van der Waals surface area contributed by atoms with E-state index in [0.717, 1.165) is 5.56 Å². The van der Waals surface area contributed by atoms with Crippen molar-refractivity contribution in [3.05, 3.63) is 38.8 Å². The summed E-state index contributed by atoms with van der Waals surface area (Å²) in [6, 6.07) is 3.38. The van der Waals surface area contributed by atoms with E-state index in [1.54, 1.807) is 19.2 Å². The number of rotatable bonds is 3. The van der Waals surface area contributed by atoms with Crippen LogP contribution in [0.2, 0.25) is 5.02 Å². The molecule has 1 heterocycles. The van der Waals surface area contributed by atoms with Gasteiger partial charge in [0.05, 0.1) is 10.7 Å². The highest BCUT2D eigenvalue weighted by molar-refractivity contribution is 9.10. The summed E-state index contributed by atoms with van der Waals surface area (Å²) in [7, 11) is 1.78. The lowest BCUT2D eigenvalue weighted by molar-refractivity contribution is 0.630. The van der Waals surface area contributed by atoms with Crippen molar-refractivity contribution >= 4 is 33.3 Å². The van der Waals surface area contributed by atoms with Gasteiger partial charge >= 0.3 is 0 Å². The maximum atomic E-state index is 14.4. The predicted octanol–water partition coefficient (Wildman–Crippen LogP) is 4.61. The number of hydrogen-bond acceptors (Lipinski definition) is 3. The molecule has 3 nitrogen and oxygen atoms in total. The molecule has 6 heteroatoms. The Bertz CT molecular complexity index is 661. The first-order valence-electron chi connectivity index (χ1n) is 6.18. The van der Waals surface area contributed by atoms with E-state index in [4.69, 9.17) is 11.6 Å². The molecule has 0 amide bonds. The number of anilines is 1. The van der Waals surface area contributed by atoms with E-state index in [-0.39, 0.29) is 5.02 Å². The largest absolute Gasteiger partial charge is 0.373 e. The van der Waals surface area contributed by atoms with Crippen LogP contribution in [-0.4, -0.2) is 17.0 Å². The SMILES string of the molecule is CCc1nc(NC)c(C)c(-c2ccc(Br)c(Cl)c2F)n1. The second-order valence-corrected chi connectivity index (χ2v) is 5.52. The lowest BCUT2D eigenvalue weighted by Gasteiger charge is -2.13. The van der Waals surface area contributed by atoms with Crippen molar-refractivity contribution in [3.8, 4) is 11.3 Å². The van der Waals surface area contributed by atoms with Crippen LogP contribution in [0.25, 0.3) is 11.3 Å². The summed E-state index contributed by atoms with van der Waals surface area (Å²) < 4.78 is 14.9. The lowest BCUT2D eigenvalue weighted by Crippen LogP contribution is -2.05. The van der Waals surface area contributed by atoms with Crippen molar-refractivity contribution in [1.82, 2.24) is 9.97 Å². The zero-order chi connectivity index (χ0) is 14.9. The number of nitrogens with one attached hydrogen (secondary N) is 1. The van der Waals surface area contributed by atoms with Gasteiger partial charge in [0.25, 0.3) is 0 Å². The Hall–Kier alpha value is -1.20. The smallest absolute Gasteiger partial charge is 0.152 e. The number of hydrogen-bond donors (Lipinski definition) is 1. The van der Waals surface area contributed by atoms with Gasteiger partial charge in [-0.05, 0) is 35.0 Å². The summed E-state index contributed by atoms with van der Waals surface area (Å²) in [6.07, 6.45) is 0.674. The Morgan fingerprint density at radius 2 is 2.05 bits per heavy atom. The third-order valence-electron chi connectivity index (χ3n) is 3.04. The molecule has 0 radical (unpaired) electrons. The summed E-state index contributed by atoms with van der Waals surface area (Å²) in [5, 5.41) is 3.07. The Balaban J connectivity index is 2.72. The van der Waals surface area contributed by atoms with Crippen LogP contribution in [0.5, 0.6) is 0 Å². The minimum atomic E-state index is -0.480. The summed E-state index contributed by atoms with van der Waals surface area (Å²) in [5.41, 5.74) is 1.74. The fourth-order valence-electron chi connectivity index (χ4n) is 1.94. The van der Waals surface area contributed by atoms with Crippen LogP contribution >= 0.6 is 27.5 Å². The highest BCUT2D eigenvalue weighted by Crippen LogP contribution is 2.34. The maximum absolute atomic E-state index is 14.4. The summed E-state index contributed by atoms with van der Waals surface area (Å²) in [4.78, 5) is 8.81. The van der Waals surface area contributed by atoms with Crippen molar-refractivity contribution < 1.29 is 4.39 Å². The molecule has 1 aromatic carbocycles. The van der Waals surface area contributed by atoms with Gasteiger partial charge in [0, 0.05) is 29.1 Å². The normalized spacial score (nSPS) is 10.7. The number of aryl methyl sites for hydroxylation is 1. The molecule has 0 aliphatic heterocycles. The summed E-state index contributed by atoms with van der Waals surface area (Å²) in [6.45, 7) is 3.81. The zero-order valence-electron chi connectivity index (χ0n) is 11.4. The van der Waals surface area contributed by atoms with Crippen LogP contribution in [0.15, 0.2) is 16.6 Å². The molecule has 2 rings (SSSR count). The average molecular weight is 359 g/mol. The van der Waals surface area contributed by atoms with Gasteiger partial charge in [-0.1, -0.05) is 18.5 Å². The van der Waals surface area contributed by atoms with E-state index in [2.05, 4.69) is 31.2 Å². The molecular weight excluding hydrogens is 345 g/mol. The molecular formula is C14H14BrClFN3. The van der Waals surface area contributed by atoms with Crippen molar-refractivity contribution in [2.45, 2.75) is 20.3 Å². The van der Waals surface area contributed by atoms with Gasteiger partial charge < -0.3 is 5.32 Å². The monoisotopic (exact) mass is 357 g/mol. The van der Waals surface area contributed by atoms with E-state index in [1.807, 2.05) is 13.8 Å². The molecule has 0 spiro atoms. The molecule has 0 aliphatic rings. The van der Waals surface area contributed by atoms with Crippen LogP contribution in [-0.2, 0) is 6.42 Å². The highest BCUT2D eigenvalue weighted by Gasteiger charge is 2.17. The Labute approximate surface area is 130 Å². The first-order chi connectivity index (χ1) is 9.49. The molecule has 0 saturated carbocycles. The van der Waals surface area contributed by atoms with Crippen molar-refractivity contribution in [2.75, 3.05) is 12.4 Å². The zero-order valence-corrected chi connectivity index (χ0v) is 13.7. The van der Waals surface area contributed by atoms with E-state index in [0.29, 0.717) is 33.8 Å². The molecule has 0 atom stereocenters. The third-order valence-corrected chi connectivity index (χ3v) is 4.29. The summed E-state index contributed by atoms with van der Waals surface area (Å²) >= 11 is 9.16. The summed E-state index contributed by atoms with van der Waals surface area (Å²) in [5.74, 6) is 0.880. The number of nitrogens with zero attached hydrogens (tertiary/aromatic N) is 2. The molecule has 1 aromatic heterocycles. The lowest BCUT2D eigenvalue weighted by atomic mass is 10.1. The molecule has 0 bridgehead atoms. The first kappa shape index (κ1) is 15.2. The molecule has 2 aromatic rings. The van der Waals surface area contributed by atoms with Crippen LogP contribution < -0.4 is 5.32 Å². The van der Waals surface area contributed by atoms with Gasteiger partial charge in [-0.15, -0.1) is 0 Å². The van der Waals surface area contributed by atoms with Gasteiger partial charge in [0.1, 0.15) is 11.6 Å². The Morgan fingerprint density at radius 3 is 2.65 bits per heavy atom. The van der Waals surface area contributed by atoms with Gasteiger partial charge in [0.2, 0.25) is 0 Å². The highest BCUT2D eigenvalue weighted by atomic mass is 79.9. The third kappa shape index (κ3) is 2.65. The van der Waals surface area contributed by atoms with Gasteiger partial charge in [0.15, 0.2) is 5.82 Å². The molecule has 0 aliphatic carbocycles. The van der Waals surface area contributed by atoms with E-state index >= 15 is 0 Å². The van der Waals surface area contributed by atoms with Crippen LogP contribution in [0.4, 0.5) is 10.2 Å². The Kier molecular flexibility index (Phi) is 4.60. The van der Waals surface area contributed by atoms with Crippen molar-refractivity contribution in [1.29, 1.82) is 0 Å². The first-order valence-corrected chi connectivity index (χ1v) is 7.35. The molecule has 106 valence electrons. The second-order valence-electron chi connectivity index (χ2n) is 4.29. The second kappa shape index (κ2) is 6.06. The molecule has 0 saturated heterocycles. The van der Waals surface area contributed by atoms with Crippen LogP contribution in [0, 0.1) is 12.7 Å². The molecule has 0 unspecified atom stereocenters. The van der Waals surface area contributed by atoms with Gasteiger partial charge in [-0.3, -0.25) is 0 Å². The maximum Gasteiger partial charge on any atom is 0.152 e.